The van der Waals surface area contributed by atoms with Gasteiger partial charge in [-0.05, 0) is 43.9 Å². The summed E-state index contributed by atoms with van der Waals surface area (Å²) < 4.78 is 5.09. The molecule has 8 heteroatoms. The molecule has 0 spiro atoms. The lowest BCUT2D eigenvalue weighted by Gasteiger charge is -2.19. The number of imide groups is 1. The lowest BCUT2D eigenvalue weighted by molar-refractivity contribution is -0.884. The summed E-state index contributed by atoms with van der Waals surface area (Å²) in [7, 11) is 1.57. The highest BCUT2D eigenvalue weighted by Crippen LogP contribution is 2.18. The van der Waals surface area contributed by atoms with Gasteiger partial charge in [0.25, 0.3) is 11.8 Å². The Hall–Kier alpha value is -2.45. The minimum atomic E-state index is -0.465. The first-order chi connectivity index (χ1) is 13.9. The maximum Gasteiger partial charge on any atom is 0.321 e. The van der Waals surface area contributed by atoms with Gasteiger partial charge in [-0.1, -0.05) is 25.0 Å². The van der Waals surface area contributed by atoms with Gasteiger partial charge in [-0.25, -0.2) is 4.79 Å². The van der Waals surface area contributed by atoms with Crippen LogP contribution in [-0.2, 0) is 14.3 Å². The van der Waals surface area contributed by atoms with Gasteiger partial charge in [0.05, 0.1) is 6.61 Å². The third-order valence-corrected chi connectivity index (χ3v) is 5.30. The number of aryl methyl sites for hydroxylation is 1. The zero-order valence-corrected chi connectivity index (χ0v) is 17.6. The Bertz CT molecular complexity index is 717. The van der Waals surface area contributed by atoms with Gasteiger partial charge >= 0.3 is 6.03 Å². The molecule has 0 bridgehead atoms. The average molecular weight is 406 g/mol. The molecule has 1 aromatic carbocycles. The van der Waals surface area contributed by atoms with Crippen molar-refractivity contribution >= 4 is 23.5 Å². The van der Waals surface area contributed by atoms with Gasteiger partial charge in [0, 0.05) is 18.8 Å². The van der Waals surface area contributed by atoms with E-state index in [1.165, 1.54) is 0 Å². The maximum absolute atomic E-state index is 12.5. The number of carbonyl (C=O) groups is 3. The van der Waals surface area contributed by atoms with Gasteiger partial charge in [0.1, 0.15) is 6.54 Å². The Morgan fingerprint density at radius 3 is 2.48 bits per heavy atom. The molecule has 4 N–H and O–H groups in total. The van der Waals surface area contributed by atoms with Crippen LogP contribution in [0.15, 0.2) is 18.2 Å². The molecule has 1 atom stereocenters. The molecule has 8 nitrogen and oxygen atoms in total. The van der Waals surface area contributed by atoms with Crippen molar-refractivity contribution in [2.45, 2.75) is 45.6 Å². The van der Waals surface area contributed by atoms with Gasteiger partial charge in [0.15, 0.2) is 13.1 Å². The molecular formula is C21H33N4O4+. The molecule has 1 fully saturated rings. The first kappa shape index (κ1) is 22.8. The van der Waals surface area contributed by atoms with Crippen LogP contribution in [-0.4, -0.2) is 57.2 Å². The zero-order valence-electron chi connectivity index (χ0n) is 17.6. The second kappa shape index (κ2) is 11.5. The summed E-state index contributed by atoms with van der Waals surface area (Å²) in [4.78, 5) is 37.5. The molecule has 1 aliphatic carbocycles. The van der Waals surface area contributed by atoms with Crippen LogP contribution < -0.4 is 20.9 Å². The van der Waals surface area contributed by atoms with Crippen molar-refractivity contribution in [3.05, 3.63) is 29.3 Å². The summed E-state index contributed by atoms with van der Waals surface area (Å²) in [5, 5.41) is 8.11. The van der Waals surface area contributed by atoms with Crippen LogP contribution in [0.3, 0.4) is 0 Å². The standard InChI is InChI=1S/C21H32N4O4/c1-15-7-6-10-18(16(15)2)23-19(26)13-25(11-12-29-3)14-20(27)24-21(28)22-17-8-4-5-9-17/h6-7,10,17H,4-5,8-9,11-14H2,1-3H3,(H,23,26)(H2,22,24,27,28)/p+1. The molecule has 0 heterocycles. The molecule has 1 saturated carbocycles. The summed E-state index contributed by atoms with van der Waals surface area (Å²) in [5.41, 5.74) is 2.88. The third kappa shape index (κ3) is 7.83. The lowest BCUT2D eigenvalue weighted by atomic mass is 10.1. The average Bonchev–Trinajstić information content (AvgIpc) is 3.16. The monoisotopic (exact) mass is 405 g/mol. The van der Waals surface area contributed by atoms with Crippen molar-refractivity contribution in [2.24, 2.45) is 0 Å². The van der Waals surface area contributed by atoms with E-state index < -0.39 is 11.9 Å². The molecule has 160 valence electrons. The van der Waals surface area contributed by atoms with E-state index in [0.717, 1.165) is 47.4 Å². The number of anilines is 1. The van der Waals surface area contributed by atoms with Crippen LogP contribution in [0.25, 0.3) is 0 Å². The molecule has 0 aromatic heterocycles. The highest BCUT2D eigenvalue weighted by Gasteiger charge is 2.22. The third-order valence-electron chi connectivity index (χ3n) is 5.30. The van der Waals surface area contributed by atoms with E-state index in [1.54, 1.807) is 7.11 Å². The normalized spacial score (nSPS) is 15.0. The quantitative estimate of drug-likeness (QED) is 0.482. The van der Waals surface area contributed by atoms with Crippen molar-refractivity contribution in [3.63, 3.8) is 0 Å². The Morgan fingerprint density at radius 1 is 1.10 bits per heavy atom. The SMILES string of the molecule is COCC[NH+](CC(=O)NC(=O)NC1CCCC1)CC(=O)Nc1cccc(C)c1C. The number of hydrogen-bond donors (Lipinski definition) is 4. The minimum Gasteiger partial charge on any atom is -0.379 e. The topological polar surface area (TPSA) is 101 Å². The van der Waals surface area contributed by atoms with Gasteiger partial charge in [-0.2, -0.15) is 0 Å². The molecule has 29 heavy (non-hydrogen) atoms. The maximum atomic E-state index is 12.5. The minimum absolute atomic E-state index is 0.0155. The highest BCUT2D eigenvalue weighted by atomic mass is 16.5. The highest BCUT2D eigenvalue weighted by molar-refractivity contribution is 5.95. The second-order valence-electron chi connectivity index (χ2n) is 7.65. The number of carbonyl (C=O) groups excluding carboxylic acids is 3. The van der Waals surface area contributed by atoms with E-state index in [4.69, 9.17) is 4.74 Å². The number of nitrogens with one attached hydrogen (secondary N) is 4. The van der Waals surface area contributed by atoms with E-state index in [0.29, 0.717) is 13.2 Å². The molecule has 1 unspecified atom stereocenters. The Kier molecular flexibility index (Phi) is 9.08. The van der Waals surface area contributed by atoms with Gasteiger partial charge < -0.3 is 20.3 Å². The fourth-order valence-electron chi connectivity index (χ4n) is 3.48. The fraction of sp³-hybridized carbons (Fsp3) is 0.571. The number of quaternary nitrogens is 1. The number of hydrogen-bond acceptors (Lipinski definition) is 4. The molecule has 0 radical (unpaired) electrons. The van der Waals surface area contributed by atoms with Crippen molar-refractivity contribution in [3.8, 4) is 0 Å². The number of benzene rings is 1. The van der Waals surface area contributed by atoms with Gasteiger partial charge in [0.2, 0.25) is 0 Å². The molecule has 1 aromatic rings. The largest absolute Gasteiger partial charge is 0.379 e. The number of methoxy groups -OCH3 is 1. The zero-order chi connectivity index (χ0) is 21.2. The second-order valence-corrected chi connectivity index (χ2v) is 7.65. The van der Waals surface area contributed by atoms with Crippen molar-refractivity contribution in [2.75, 3.05) is 38.7 Å². The van der Waals surface area contributed by atoms with Crippen molar-refractivity contribution in [1.82, 2.24) is 10.6 Å². The first-order valence-corrected chi connectivity index (χ1v) is 10.2. The predicted molar refractivity (Wildman–Crippen MR) is 111 cm³/mol. The van der Waals surface area contributed by atoms with Crippen LogP contribution in [0, 0.1) is 13.8 Å². The van der Waals surface area contributed by atoms with E-state index in [9.17, 15) is 14.4 Å². The summed E-state index contributed by atoms with van der Waals surface area (Å²) >= 11 is 0. The van der Waals surface area contributed by atoms with Crippen molar-refractivity contribution in [1.29, 1.82) is 0 Å². The molecule has 2 rings (SSSR count). The van der Waals surface area contributed by atoms with Crippen LogP contribution in [0.5, 0.6) is 0 Å². The smallest absolute Gasteiger partial charge is 0.321 e. The van der Waals surface area contributed by atoms with Crippen LogP contribution >= 0.6 is 0 Å². The van der Waals surface area contributed by atoms with Crippen LogP contribution in [0.4, 0.5) is 10.5 Å². The van der Waals surface area contributed by atoms with E-state index >= 15 is 0 Å². The fourth-order valence-corrected chi connectivity index (χ4v) is 3.48. The molecule has 1 aliphatic rings. The summed E-state index contributed by atoms with van der Waals surface area (Å²) in [6.07, 6.45) is 4.10. The Balaban J connectivity index is 1.86. The predicted octanol–water partition coefficient (Wildman–Crippen LogP) is 0.542. The Labute approximate surface area is 172 Å². The van der Waals surface area contributed by atoms with E-state index in [1.807, 2.05) is 32.0 Å². The number of amides is 4. The number of urea groups is 1. The van der Waals surface area contributed by atoms with Gasteiger partial charge in [-0.3, -0.25) is 14.9 Å². The summed E-state index contributed by atoms with van der Waals surface area (Å²) in [5.74, 6) is -0.598. The van der Waals surface area contributed by atoms with Crippen LogP contribution in [0.1, 0.15) is 36.8 Å². The number of ether oxygens (including phenoxy) is 1. The molecule has 4 amide bonds. The molecule has 0 saturated heterocycles. The Morgan fingerprint density at radius 2 is 1.79 bits per heavy atom. The summed E-state index contributed by atoms with van der Waals surface area (Å²) in [6, 6.07) is 5.41. The number of rotatable bonds is 9. The van der Waals surface area contributed by atoms with Crippen LogP contribution in [0.2, 0.25) is 0 Å². The molecular weight excluding hydrogens is 372 g/mol. The van der Waals surface area contributed by atoms with E-state index in [-0.39, 0.29) is 25.0 Å². The van der Waals surface area contributed by atoms with Crippen molar-refractivity contribution < 1.29 is 24.0 Å². The first-order valence-electron chi connectivity index (χ1n) is 10.2. The van der Waals surface area contributed by atoms with Gasteiger partial charge in [-0.15, -0.1) is 0 Å². The summed E-state index contributed by atoms with van der Waals surface area (Å²) in [6.45, 7) is 4.96. The van der Waals surface area contributed by atoms with E-state index in [2.05, 4.69) is 16.0 Å². The lowest BCUT2D eigenvalue weighted by Crippen LogP contribution is -3.14. The molecule has 0 aliphatic heterocycles.